The van der Waals surface area contributed by atoms with E-state index in [9.17, 15) is 0 Å². The van der Waals surface area contributed by atoms with Crippen molar-refractivity contribution < 1.29 is 4.74 Å². The molecule has 1 heterocycles. The van der Waals surface area contributed by atoms with Crippen LogP contribution in [0, 0.1) is 6.92 Å². The van der Waals surface area contributed by atoms with Crippen LogP contribution in [0.1, 0.15) is 55.5 Å². The molecule has 184 valence electrons. The molecule has 0 aliphatic heterocycles. The smallest absolute Gasteiger partial charge is 0.122 e. The van der Waals surface area contributed by atoms with E-state index in [1.165, 1.54) is 49.5 Å². The molecular formula is C34H37NO. The van der Waals surface area contributed by atoms with Gasteiger partial charge in [0.25, 0.3) is 0 Å². The maximum atomic E-state index is 5.86. The number of nitrogens with one attached hydrogen (secondary N) is 1. The molecule has 2 heteroatoms. The largest absolute Gasteiger partial charge is 0.496 e. The van der Waals surface area contributed by atoms with Crippen LogP contribution in [0.25, 0.3) is 21.7 Å². The Balaban J connectivity index is 1.46. The van der Waals surface area contributed by atoms with Crippen LogP contribution in [0.3, 0.4) is 0 Å². The highest BCUT2D eigenvalue weighted by Gasteiger charge is 2.28. The third kappa shape index (κ3) is 4.65. The minimum atomic E-state index is -0.0785. The highest BCUT2D eigenvalue weighted by atomic mass is 16.5. The van der Waals surface area contributed by atoms with Gasteiger partial charge in [-0.15, -0.1) is 0 Å². The number of fused-ring (bicyclic) bond motifs is 2. The number of methoxy groups -OCH3 is 1. The number of aromatic nitrogens is 1. The molecule has 1 N–H and O–H groups in total. The Morgan fingerprint density at radius 3 is 2.22 bits per heavy atom. The number of benzene rings is 4. The molecular weight excluding hydrogens is 438 g/mol. The summed E-state index contributed by atoms with van der Waals surface area (Å²) in [6, 6.07) is 29.1. The zero-order chi connectivity index (χ0) is 25.5. The second-order valence-corrected chi connectivity index (χ2v) is 11.6. The van der Waals surface area contributed by atoms with Crippen molar-refractivity contribution in [2.45, 2.75) is 58.3 Å². The lowest BCUT2D eigenvalue weighted by Crippen LogP contribution is -2.24. The maximum Gasteiger partial charge on any atom is 0.122 e. The van der Waals surface area contributed by atoms with E-state index in [2.05, 4.69) is 118 Å². The summed E-state index contributed by atoms with van der Waals surface area (Å²) in [5.41, 5.74) is 7.79. The van der Waals surface area contributed by atoms with Gasteiger partial charge in [-0.3, -0.25) is 0 Å². The molecule has 5 aromatic rings. The van der Waals surface area contributed by atoms with E-state index in [0.717, 1.165) is 18.6 Å². The van der Waals surface area contributed by atoms with Crippen LogP contribution in [0.4, 0.5) is 0 Å². The fraction of sp³-hybridized carbons (Fsp3) is 0.294. The van der Waals surface area contributed by atoms with Crippen LogP contribution in [0.15, 0.2) is 85.1 Å². The Labute approximate surface area is 215 Å². The first-order valence-electron chi connectivity index (χ1n) is 12.9. The van der Waals surface area contributed by atoms with Gasteiger partial charge in [0.2, 0.25) is 0 Å². The molecule has 0 aliphatic rings. The monoisotopic (exact) mass is 475 g/mol. The number of aromatic amines is 1. The van der Waals surface area contributed by atoms with E-state index in [4.69, 9.17) is 4.74 Å². The van der Waals surface area contributed by atoms with Crippen molar-refractivity contribution in [3.63, 3.8) is 0 Å². The van der Waals surface area contributed by atoms with E-state index in [0.29, 0.717) is 0 Å². The molecule has 0 saturated carbocycles. The van der Waals surface area contributed by atoms with Crippen molar-refractivity contribution in [1.29, 1.82) is 0 Å². The van der Waals surface area contributed by atoms with Crippen molar-refractivity contribution in [3.8, 4) is 5.75 Å². The predicted octanol–water partition coefficient (Wildman–Crippen LogP) is 8.68. The topological polar surface area (TPSA) is 25.0 Å². The van der Waals surface area contributed by atoms with Crippen LogP contribution >= 0.6 is 0 Å². The summed E-state index contributed by atoms with van der Waals surface area (Å²) < 4.78 is 5.86. The number of hydrogen-bond acceptors (Lipinski definition) is 1. The zero-order valence-corrected chi connectivity index (χ0v) is 22.4. The average molecular weight is 476 g/mol. The van der Waals surface area contributed by atoms with E-state index >= 15 is 0 Å². The predicted molar refractivity (Wildman–Crippen MR) is 153 cm³/mol. The zero-order valence-electron chi connectivity index (χ0n) is 22.4. The summed E-state index contributed by atoms with van der Waals surface area (Å²) in [5.74, 6) is 0.965. The van der Waals surface area contributed by atoms with Crippen molar-refractivity contribution in [2.75, 3.05) is 7.11 Å². The quantitative estimate of drug-likeness (QED) is 0.250. The van der Waals surface area contributed by atoms with Gasteiger partial charge in [0, 0.05) is 17.3 Å². The molecule has 0 aliphatic carbocycles. The van der Waals surface area contributed by atoms with Crippen LogP contribution in [-0.2, 0) is 23.7 Å². The highest BCUT2D eigenvalue weighted by molar-refractivity contribution is 5.84. The summed E-state index contributed by atoms with van der Waals surface area (Å²) >= 11 is 0. The number of ether oxygens (including phenoxy) is 1. The number of hydrogen-bond donors (Lipinski definition) is 1. The Morgan fingerprint density at radius 2 is 1.44 bits per heavy atom. The van der Waals surface area contributed by atoms with Gasteiger partial charge < -0.3 is 9.72 Å². The Morgan fingerprint density at radius 1 is 0.694 bits per heavy atom. The number of aryl methyl sites for hydroxylation is 1. The standard InChI is InChI=1S/C34H37NO/c1-23-17-25(18-28-15-16-35-32(23)28)22-34(4,5)30-19-24(11-14-31(30)36-6)21-33(2,3)29-13-12-26-9-7-8-10-27(26)20-29/h7-20,35H,21-22H2,1-6H3. The summed E-state index contributed by atoms with van der Waals surface area (Å²) in [4.78, 5) is 3.36. The van der Waals surface area contributed by atoms with Crippen molar-refractivity contribution in [3.05, 3.63) is 113 Å². The minimum Gasteiger partial charge on any atom is -0.496 e. The van der Waals surface area contributed by atoms with Crippen molar-refractivity contribution in [1.82, 2.24) is 4.98 Å². The Hall–Kier alpha value is -3.52. The van der Waals surface area contributed by atoms with Gasteiger partial charge in [-0.1, -0.05) is 88.4 Å². The highest BCUT2D eigenvalue weighted by Crippen LogP contribution is 2.38. The molecule has 0 spiro atoms. The van der Waals surface area contributed by atoms with E-state index in [1.807, 2.05) is 6.20 Å². The van der Waals surface area contributed by atoms with Gasteiger partial charge in [0.05, 0.1) is 7.11 Å². The first-order valence-corrected chi connectivity index (χ1v) is 12.9. The number of rotatable bonds is 7. The lowest BCUT2D eigenvalue weighted by Gasteiger charge is -2.30. The molecule has 0 saturated heterocycles. The van der Waals surface area contributed by atoms with E-state index in [-0.39, 0.29) is 10.8 Å². The van der Waals surface area contributed by atoms with Gasteiger partial charge in [0.15, 0.2) is 0 Å². The summed E-state index contributed by atoms with van der Waals surface area (Å²) in [6.07, 6.45) is 3.94. The minimum absolute atomic E-state index is 0.0104. The fourth-order valence-electron chi connectivity index (χ4n) is 5.76. The average Bonchev–Trinajstić information content (AvgIpc) is 3.32. The van der Waals surface area contributed by atoms with E-state index < -0.39 is 0 Å². The molecule has 0 radical (unpaired) electrons. The van der Waals surface area contributed by atoms with Crippen molar-refractivity contribution >= 4 is 21.7 Å². The SMILES string of the molecule is COc1ccc(CC(C)(C)c2ccc3ccccc3c2)cc1C(C)(C)Cc1cc(C)c2[nH]ccc2c1. The van der Waals surface area contributed by atoms with Crippen LogP contribution in [-0.4, -0.2) is 12.1 Å². The molecule has 0 atom stereocenters. The molecule has 0 amide bonds. The second kappa shape index (κ2) is 9.17. The molecule has 0 fully saturated rings. The first kappa shape index (κ1) is 24.2. The Kier molecular flexibility index (Phi) is 6.16. The Bertz CT molecular complexity index is 1540. The third-order valence-corrected chi connectivity index (χ3v) is 7.73. The summed E-state index contributed by atoms with van der Waals surface area (Å²) in [6.45, 7) is 11.5. The van der Waals surface area contributed by atoms with Crippen LogP contribution in [0.2, 0.25) is 0 Å². The molecule has 5 rings (SSSR count). The lowest BCUT2D eigenvalue weighted by atomic mass is 9.75. The maximum absolute atomic E-state index is 5.86. The molecule has 36 heavy (non-hydrogen) atoms. The van der Waals surface area contributed by atoms with Gasteiger partial charge in [-0.25, -0.2) is 0 Å². The molecule has 4 aromatic carbocycles. The van der Waals surface area contributed by atoms with E-state index in [1.54, 1.807) is 7.11 Å². The molecule has 0 unspecified atom stereocenters. The fourth-order valence-corrected chi connectivity index (χ4v) is 5.76. The van der Waals surface area contributed by atoms with Gasteiger partial charge in [-0.2, -0.15) is 0 Å². The molecule has 0 bridgehead atoms. The summed E-state index contributed by atoms with van der Waals surface area (Å²) in [5, 5.41) is 3.87. The first-order chi connectivity index (χ1) is 17.2. The molecule has 2 nitrogen and oxygen atoms in total. The third-order valence-electron chi connectivity index (χ3n) is 7.73. The van der Waals surface area contributed by atoms with Gasteiger partial charge in [0.1, 0.15) is 5.75 Å². The van der Waals surface area contributed by atoms with Gasteiger partial charge in [-0.05, 0) is 87.2 Å². The van der Waals surface area contributed by atoms with Crippen LogP contribution in [0.5, 0.6) is 5.75 Å². The lowest BCUT2D eigenvalue weighted by molar-refractivity contribution is 0.390. The van der Waals surface area contributed by atoms with Gasteiger partial charge >= 0.3 is 0 Å². The second-order valence-electron chi connectivity index (χ2n) is 11.6. The summed E-state index contributed by atoms with van der Waals surface area (Å²) in [7, 11) is 1.78. The van der Waals surface area contributed by atoms with Crippen molar-refractivity contribution in [2.24, 2.45) is 0 Å². The van der Waals surface area contributed by atoms with Crippen LogP contribution < -0.4 is 4.74 Å². The molecule has 1 aromatic heterocycles. The number of H-pyrrole nitrogens is 1. The normalized spacial score (nSPS) is 12.4.